The minimum atomic E-state index is -4.80. The second kappa shape index (κ2) is 3.22. The van der Waals surface area contributed by atoms with E-state index in [1.807, 2.05) is 0 Å². The van der Waals surface area contributed by atoms with E-state index in [2.05, 4.69) is 9.35 Å². The van der Waals surface area contributed by atoms with Crippen molar-refractivity contribution in [2.75, 3.05) is 0 Å². The third-order valence-electron chi connectivity index (χ3n) is 0.275. The van der Waals surface area contributed by atoms with Crippen molar-refractivity contribution < 1.29 is 42.6 Å². The first-order chi connectivity index (χ1) is 2.47. The van der Waals surface area contributed by atoms with Crippen molar-refractivity contribution in [1.82, 2.24) is 12.3 Å². The van der Waals surface area contributed by atoms with Gasteiger partial charge in [0.15, 0.2) is 0 Å². The molecule has 9 N–H and O–H groups in total. The van der Waals surface area contributed by atoms with Crippen LogP contribution >= 0.6 is 7.74 Å². The van der Waals surface area contributed by atoms with E-state index in [1.165, 1.54) is 0 Å². The van der Waals surface area contributed by atoms with Gasteiger partial charge in [0, 0.05) is 18.6 Å². The summed E-state index contributed by atoms with van der Waals surface area (Å²) >= 11 is 0. The van der Waals surface area contributed by atoms with E-state index in [1.54, 1.807) is 0 Å². The van der Waals surface area contributed by atoms with Crippen LogP contribution in [0.5, 0.6) is 0 Å². The van der Waals surface area contributed by atoms with Gasteiger partial charge in [-0.05, 0) is 0 Å². The number of hydrogen-bond acceptors (Lipinski definition) is 7. The predicted molar refractivity (Wildman–Crippen MR) is 25.8 cm³/mol. The zero-order valence-electron chi connectivity index (χ0n) is 4.47. The van der Waals surface area contributed by atoms with Crippen LogP contribution in [0.3, 0.4) is 0 Å². The molecule has 0 atom stereocenters. The second-order valence-electron chi connectivity index (χ2n) is 0.982. The van der Waals surface area contributed by atoms with Crippen LogP contribution in [0.1, 0.15) is 0 Å². The van der Waals surface area contributed by atoms with Crippen LogP contribution in [0.2, 0.25) is 0 Å². The third-order valence-corrected chi connectivity index (χ3v) is 0.824. The minimum Gasteiger partial charge on any atom is 0 e. The van der Waals surface area contributed by atoms with E-state index >= 15 is 0 Å². The van der Waals surface area contributed by atoms with Gasteiger partial charge in [-0.2, -0.15) is 0 Å². The molecule has 0 saturated carbocycles. The summed E-state index contributed by atoms with van der Waals surface area (Å²) in [6.45, 7) is 0. The molecule has 1 rings (SSSR count). The SMILES string of the molecule is N.N.OP1(O)(O)OO1.[V]. The van der Waals surface area contributed by atoms with E-state index in [9.17, 15) is 0 Å². The van der Waals surface area contributed by atoms with E-state index in [4.69, 9.17) is 14.7 Å². The first-order valence-electron chi connectivity index (χ1n) is 1.13. The van der Waals surface area contributed by atoms with Gasteiger partial charge in [-0.1, -0.05) is 0 Å². The molecular formula is H9N2O5PV. The smallest absolute Gasteiger partial charge is 0 e. The van der Waals surface area contributed by atoms with Gasteiger partial charge in [-0.25, -0.2) is 0 Å². The summed E-state index contributed by atoms with van der Waals surface area (Å²) in [4.78, 5) is 23.7. The molecule has 9 heavy (non-hydrogen) atoms. The van der Waals surface area contributed by atoms with E-state index in [0.717, 1.165) is 0 Å². The summed E-state index contributed by atoms with van der Waals surface area (Å²) in [7, 11) is -4.80. The maximum Gasteiger partial charge on any atom is 0 e. The average molecular weight is 199 g/mol. The van der Waals surface area contributed by atoms with Gasteiger partial charge in [0.1, 0.15) is 0 Å². The summed E-state index contributed by atoms with van der Waals surface area (Å²) in [5.74, 6) is 0. The van der Waals surface area contributed by atoms with Crippen molar-refractivity contribution in [2.24, 2.45) is 0 Å². The Bertz CT molecular complexity index is 78.7. The molecule has 7 nitrogen and oxygen atoms in total. The molecule has 1 saturated heterocycles. The molecular weight excluding hydrogens is 190 g/mol. The molecule has 9 heteroatoms. The maximum absolute atomic E-state index is 7.89. The molecule has 1 fully saturated rings. The van der Waals surface area contributed by atoms with Crippen molar-refractivity contribution in [2.45, 2.75) is 0 Å². The largest absolute Gasteiger partial charge is 0 e. The first kappa shape index (κ1) is 16.4. The van der Waals surface area contributed by atoms with E-state index in [-0.39, 0.29) is 30.9 Å². The third kappa shape index (κ3) is 6.62. The Morgan fingerprint density at radius 3 is 1.00 bits per heavy atom. The monoisotopic (exact) mass is 199 g/mol. The van der Waals surface area contributed by atoms with Crippen LogP contribution in [-0.4, -0.2) is 14.7 Å². The fourth-order valence-electron chi connectivity index (χ4n) is 0.0447. The molecule has 0 amide bonds. The average Bonchev–Trinajstić information content (AvgIpc) is 1.73. The fourth-order valence-corrected chi connectivity index (χ4v) is 0.402. The Labute approximate surface area is 63.3 Å². The van der Waals surface area contributed by atoms with Gasteiger partial charge >= 0.3 is 31.8 Å². The van der Waals surface area contributed by atoms with Gasteiger partial charge in [-0.3, -0.25) is 0 Å². The molecule has 1 aliphatic heterocycles. The Balaban J connectivity index is -0.000000120. The maximum atomic E-state index is 7.89. The zero-order chi connectivity index (χ0) is 4.86. The fraction of sp³-hybridized carbons (Fsp3) is 0. The molecule has 0 spiro atoms. The van der Waals surface area contributed by atoms with E-state index < -0.39 is 7.74 Å². The van der Waals surface area contributed by atoms with Crippen molar-refractivity contribution in [3.63, 3.8) is 0 Å². The van der Waals surface area contributed by atoms with Crippen LogP contribution in [0.4, 0.5) is 0 Å². The van der Waals surface area contributed by atoms with Crippen LogP contribution in [-0.2, 0) is 27.9 Å². The molecule has 0 aromatic carbocycles. The standard InChI is InChI=1S/2H3N.H3O5P.V/c;;1-6(2,3)4-5-6;/h2*1H3;1-3H;. The zero-order valence-corrected chi connectivity index (χ0v) is 6.76. The quantitative estimate of drug-likeness (QED) is 0.197. The summed E-state index contributed by atoms with van der Waals surface area (Å²) < 4.78 is 6.76. The Morgan fingerprint density at radius 2 is 1.00 bits per heavy atom. The molecule has 0 unspecified atom stereocenters. The van der Waals surface area contributed by atoms with Gasteiger partial charge in [0.25, 0.3) is 0 Å². The molecule has 1 aliphatic rings. The molecule has 1 heterocycles. The van der Waals surface area contributed by atoms with Crippen molar-refractivity contribution in [1.29, 1.82) is 0 Å². The molecule has 59 valence electrons. The van der Waals surface area contributed by atoms with Crippen LogP contribution < -0.4 is 12.3 Å². The predicted octanol–water partition coefficient (Wildman–Crippen LogP) is -0.625. The summed E-state index contributed by atoms with van der Waals surface area (Å²) in [5, 5.41) is 0. The Kier molecular flexibility index (Phi) is 5.86. The van der Waals surface area contributed by atoms with Crippen LogP contribution in [0, 0.1) is 0 Å². The van der Waals surface area contributed by atoms with Crippen molar-refractivity contribution in [3.05, 3.63) is 0 Å². The first-order valence-corrected chi connectivity index (χ1v) is 3.06. The minimum absolute atomic E-state index is 0. The number of rotatable bonds is 0. The Morgan fingerprint density at radius 1 is 0.889 bits per heavy atom. The van der Waals surface area contributed by atoms with E-state index in [0.29, 0.717) is 0 Å². The Hall–Kier alpha value is 0.734. The summed E-state index contributed by atoms with van der Waals surface area (Å²) in [6, 6.07) is 0. The topological polar surface area (TPSA) is 156 Å². The second-order valence-corrected chi connectivity index (χ2v) is 2.95. The molecule has 0 bridgehead atoms. The van der Waals surface area contributed by atoms with Gasteiger partial charge in [0.05, 0.1) is 0 Å². The van der Waals surface area contributed by atoms with Gasteiger partial charge in [0.2, 0.25) is 0 Å². The van der Waals surface area contributed by atoms with Crippen molar-refractivity contribution in [3.8, 4) is 0 Å². The normalized spacial score (nSPS) is 28.6. The van der Waals surface area contributed by atoms with Gasteiger partial charge < -0.3 is 12.3 Å². The van der Waals surface area contributed by atoms with Crippen molar-refractivity contribution >= 4 is 7.74 Å². The number of hydrogen-bond donors (Lipinski definition) is 5. The molecule has 0 aromatic heterocycles. The summed E-state index contributed by atoms with van der Waals surface area (Å²) in [6.07, 6.45) is 0. The summed E-state index contributed by atoms with van der Waals surface area (Å²) in [5.41, 5.74) is 0. The van der Waals surface area contributed by atoms with Crippen LogP contribution in [0.15, 0.2) is 0 Å². The molecule has 1 radical (unpaired) electrons. The van der Waals surface area contributed by atoms with Gasteiger partial charge in [-0.15, -0.1) is 0 Å². The van der Waals surface area contributed by atoms with Crippen LogP contribution in [0.25, 0.3) is 0 Å². The molecule has 0 aliphatic carbocycles. The molecule has 0 aromatic rings.